The molecular weight excluding hydrogens is 318 g/mol. The van der Waals surface area contributed by atoms with Gasteiger partial charge in [-0.15, -0.1) is 5.10 Å². The van der Waals surface area contributed by atoms with Crippen molar-refractivity contribution < 1.29 is 4.79 Å². The number of likely N-dealkylation sites (tertiary alicyclic amines) is 1. The molecule has 22 heavy (non-hydrogen) atoms. The first kappa shape index (κ1) is 17.4. The Hall–Kier alpha value is -0.990. The molecule has 0 aliphatic carbocycles. The molecule has 0 spiro atoms. The minimum Gasteiger partial charge on any atom is -0.356 e. The Morgan fingerprint density at radius 3 is 2.95 bits per heavy atom. The fourth-order valence-corrected chi connectivity index (χ4v) is 3.55. The lowest BCUT2D eigenvalue weighted by Gasteiger charge is -2.31. The summed E-state index contributed by atoms with van der Waals surface area (Å²) in [6.45, 7) is 5.28. The number of amides is 1. The Bertz CT molecular complexity index is 554. The van der Waals surface area contributed by atoms with E-state index in [1.54, 1.807) is 0 Å². The summed E-state index contributed by atoms with van der Waals surface area (Å²) in [6, 6.07) is 0. The first-order valence-corrected chi connectivity index (χ1v) is 8.99. The molecule has 124 valence electrons. The number of anilines is 1. The van der Waals surface area contributed by atoms with E-state index in [0.29, 0.717) is 6.67 Å². The van der Waals surface area contributed by atoms with Crippen molar-refractivity contribution in [1.29, 1.82) is 0 Å². The maximum atomic E-state index is 12.1. The predicted molar refractivity (Wildman–Crippen MR) is 92.9 cm³/mol. The number of carbonyl (C=O) groups excluding carboxylic acids is 1. The van der Waals surface area contributed by atoms with Gasteiger partial charge in [-0.25, -0.2) is 4.68 Å². The minimum atomic E-state index is 0.0847. The average molecular weight is 344 g/mol. The van der Waals surface area contributed by atoms with Crippen molar-refractivity contribution in [2.75, 3.05) is 38.6 Å². The van der Waals surface area contributed by atoms with Crippen molar-refractivity contribution in [3.05, 3.63) is 3.95 Å². The highest BCUT2D eigenvalue weighted by Gasteiger charge is 2.26. The molecule has 1 fully saturated rings. The summed E-state index contributed by atoms with van der Waals surface area (Å²) >= 11 is 6.90. The van der Waals surface area contributed by atoms with Crippen LogP contribution in [-0.4, -0.2) is 54.3 Å². The fraction of sp³-hybridized carbons (Fsp3) is 0.786. The summed E-state index contributed by atoms with van der Waals surface area (Å²) in [5.74, 6) is 0.267. The zero-order valence-electron chi connectivity index (χ0n) is 13.5. The highest BCUT2D eigenvalue weighted by Crippen LogP contribution is 2.20. The summed E-state index contributed by atoms with van der Waals surface area (Å²) in [7, 11) is 3.93. The van der Waals surface area contributed by atoms with E-state index in [2.05, 4.69) is 22.2 Å². The van der Waals surface area contributed by atoms with Gasteiger partial charge in [0.1, 0.15) is 0 Å². The van der Waals surface area contributed by atoms with Crippen LogP contribution in [0, 0.1) is 9.87 Å². The second kappa shape index (κ2) is 8.03. The van der Waals surface area contributed by atoms with E-state index in [-0.39, 0.29) is 11.8 Å². The van der Waals surface area contributed by atoms with Crippen molar-refractivity contribution in [1.82, 2.24) is 20.0 Å². The molecule has 8 heteroatoms. The van der Waals surface area contributed by atoms with Crippen LogP contribution in [0.25, 0.3) is 0 Å². The number of piperidine rings is 1. The third kappa shape index (κ3) is 4.50. The highest BCUT2D eigenvalue weighted by molar-refractivity contribution is 7.73. The molecule has 1 saturated heterocycles. The van der Waals surface area contributed by atoms with Crippen molar-refractivity contribution in [2.45, 2.75) is 32.9 Å². The second-order valence-corrected chi connectivity index (χ2v) is 7.49. The van der Waals surface area contributed by atoms with Gasteiger partial charge in [0.25, 0.3) is 0 Å². The van der Waals surface area contributed by atoms with Crippen LogP contribution in [0.15, 0.2) is 0 Å². The van der Waals surface area contributed by atoms with Gasteiger partial charge in [0.05, 0.1) is 12.6 Å². The van der Waals surface area contributed by atoms with Gasteiger partial charge in [-0.1, -0.05) is 18.3 Å². The number of nitrogens with zero attached hydrogens (tertiary/aromatic N) is 4. The quantitative estimate of drug-likeness (QED) is 0.800. The smallest absolute Gasteiger partial charge is 0.224 e. The van der Waals surface area contributed by atoms with E-state index in [9.17, 15) is 4.79 Å². The van der Waals surface area contributed by atoms with Crippen LogP contribution >= 0.6 is 23.6 Å². The summed E-state index contributed by atoms with van der Waals surface area (Å²) in [6.07, 6.45) is 2.99. The van der Waals surface area contributed by atoms with E-state index in [0.717, 1.165) is 48.0 Å². The predicted octanol–water partition coefficient (Wildman–Crippen LogP) is 1.94. The third-order valence-corrected chi connectivity index (χ3v) is 5.21. The van der Waals surface area contributed by atoms with E-state index >= 15 is 0 Å². The maximum absolute atomic E-state index is 12.1. The van der Waals surface area contributed by atoms with Crippen LogP contribution in [0.2, 0.25) is 0 Å². The average Bonchev–Trinajstić information content (AvgIpc) is 2.86. The normalized spacial score (nSPS) is 19.1. The number of nitrogens with one attached hydrogen (secondary N) is 1. The SMILES string of the molecule is CCCNC(=O)[C@@H]1CCCN(Cn2nc(N(C)C)sc2=S)C1. The van der Waals surface area contributed by atoms with Gasteiger partial charge < -0.3 is 10.2 Å². The molecule has 1 atom stereocenters. The molecule has 0 unspecified atom stereocenters. The number of carbonyl (C=O) groups is 1. The molecule has 1 aromatic heterocycles. The second-order valence-electron chi connectivity index (χ2n) is 5.89. The summed E-state index contributed by atoms with van der Waals surface area (Å²) in [5, 5.41) is 8.46. The zero-order chi connectivity index (χ0) is 16.1. The molecule has 1 aliphatic rings. The molecule has 1 N–H and O–H groups in total. The Kier molecular flexibility index (Phi) is 6.34. The topological polar surface area (TPSA) is 53.4 Å². The van der Waals surface area contributed by atoms with E-state index < -0.39 is 0 Å². The molecule has 1 amide bonds. The maximum Gasteiger partial charge on any atom is 0.224 e. The van der Waals surface area contributed by atoms with Crippen molar-refractivity contribution in [3.63, 3.8) is 0 Å². The van der Waals surface area contributed by atoms with Crippen LogP contribution in [0.3, 0.4) is 0 Å². The van der Waals surface area contributed by atoms with E-state index in [4.69, 9.17) is 12.2 Å². The molecule has 0 bridgehead atoms. The number of rotatable bonds is 6. The Labute approximate surface area is 141 Å². The van der Waals surface area contributed by atoms with Crippen LogP contribution in [0.1, 0.15) is 26.2 Å². The molecule has 0 aromatic carbocycles. The van der Waals surface area contributed by atoms with Gasteiger partial charge >= 0.3 is 0 Å². The summed E-state index contributed by atoms with van der Waals surface area (Å²) < 4.78 is 2.64. The van der Waals surface area contributed by atoms with Crippen LogP contribution in [-0.2, 0) is 11.5 Å². The summed E-state index contributed by atoms with van der Waals surface area (Å²) in [4.78, 5) is 16.4. The lowest BCUT2D eigenvalue weighted by molar-refractivity contribution is -0.126. The standard InChI is InChI=1S/C14H25N5OS2/c1-4-7-15-12(20)11-6-5-8-18(9-11)10-19-14(21)22-13(16-19)17(2)3/h11H,4-10H2,1-3H3,(H,15,20)/t11-/m1/s1. The molecule has 1 aromatic rings. The molecule has 0 radical (unpaired) electrons. The highest BCUT2D eigenvalue weighted by atomic mass is 32.1. The van der Waals surface area contributed by atoms with Gasteiger partial charge in [0.2, 0.25) is 11.0 Å². The molecule has 2 rings (SSSR count). The Morgan fingerprint density at radius 2 is 2.32 bits per heavy atom. The van der Waals surface area contributed by atoms with E-state index in [1.165, 1.54) is 11.3 Å². The molecule has 2 heterocycles. The van der Waals surface area contributed by atoms with Crippen LogP contribution < -0.4 is 10.2 Å². The number of hydrogen-bond acceptors (Lipinski definition) is 6. The van der Waals surface area contributed by atoms with Crippen LogP contribution in [0.4, 0.5) is 5.13 Å². The molecule has 0 saturated carbocycles. The van der Waals surface area contributed by atoms with Gasteiger partial charge in [0, 0.05) is 27.2 Å². The first-order valence-electron chi connectivity index (χ1n) is 7.76. The van der Waals surface area contributed by atoms with E-state index in [1.807, 2.05) is 23.7 Å². The monoisotopic (exact) mass is 343 g/mol. The molecule has 6 nitrogen and oxygen atoms in total. The zero-order valence-corrected chi connectivity index (χ0v) is 15.2. The third-order valence-electron chi connectivity index (χ3n) is 3.74. The van der Waals surface area contributed by atoms with Crippen LogP contribution in [0.5, 0.6) is 0 Å². The van der Waals surface area contributed by atoms with Gasteiger partial charge in [-0.05, 0) is 38.0 Å². The van der Waals surface area contributed by atoms with Gasteiger partial charge in [-0.3, -0.25) is 9.69 Å². The molecular formula is C14H25N5OS2. The minimum absolute atomic E-state index is 0.0847. The van der Waals surface area contributed by atoms with Crippen molar-refractivity contribution in [3.8, 4) is 0 Å². The number of aromatic nitrogens is 2. The first-order chi connectivity index (χ1) is 10.5. The lowest BCUT2D eigenvalue weighted by Crippen LogP contribution is -2.43. The van der Waals surface area contributed by atoms with Crippen molar-refractivity contribution in [2.24, 2.45) is 5.92 Å². The molecule has 1 aliphatic heterocycles. The Balaban J connectivity index is 1.95. The summed E-state index contributed by atoms with van der Waals surface area (Å²) in [5.41, 5.74) is 0. The van der Waals surface area contributed by atoms with Gasteiger partial charge in [0.15, 0.2) is 3.95 Å². The Morgan fingerprint density at radius 1 is 1.55 bits per heavy atom. The lowest BCUT2D eigenvalue weighted by atomic mass is 9.97. The van der Waals surface area contributed by atoms with Gasteiger partial charge in [-0.2, -0.15) is 0 Å². The largest absolute Gasteiger partial charge is 0.356 e. The fourth-order valence-electron chi connectivity index (χ4n) is 2.55. The van der Waals surface area contributed by atoms with Crippen molar-refractivity contribution >= 4 is 34.6 Å². The number of hydrogen-bond donors (Lipinski definition) is 1.